The third kappa shape index (κ3) is 3.15. The van der Waals surface area contributed by atoms with Gasteiger partial charge >= 0.3 is 6.18 Å². The van der Waals surface area contributed by atoms with Crippen molar-refractivity contribution >= 4 is 5.91 Å². The second kappa shape index (κ2) is 6.03. The van der Waals surface area contributed by atoms with Crippen LogP contribution in [-0.4, -0.2) is 41.2 Å². The number of nitrogens with zero attached hydrogens (tertiary/aromatic N) is 1. The van der Waals surface area contributed by atoms with E-state index in [1.54, 1.807) is 4.90 Å². The van der Waals surface area contributed by atoms with Gasteiger partial charge in [0.1, 0.15) is 5.75 Å². The van der Waals surface area contributed by atoms with Crippen LogP contribution in [-0.2, 0) is 10.9 Å². The maximum Gasteiger partial charge on any atom is 0.416 e. The summed E-state index contributed by atoms with van der Waals surface area (Å²) in [5.74, 6) is -1.07. The van der Waals surface area contributed by atoms with Gasteiger partial charge in [0.15, 0.2) is 0 Å². The van der Waals surface area contributed by atoms with E-state index in [4.69, 9.17) is 4.74 Å². The molecule has 0 radical (unpaired) electrons. The Morgan fingerprint density at radius 1 is 1.26 bits per heavy atom. The molecule has 126 valence electrons. The zero-order valence-electron chi connectivity index (χ0n) is 12.5. The molecule has 1 amide bonds. The van der Waals surface area contributed by atoms with Crippen LogP contribution in [0.3, 0.4) is 0 Å². The molecule has 0 bridgehead atoms. The van der Waals surface area contributed by atoms with Gasteiger partial charge in [-0.05, 0) is 43.9 Å². The van der Waals surface area contributed by atoms with Gasteiger partial charge in [-0.15, -0.1) is 0 Å². The number of amides is 1. The number of likely N-dealkylation sites (tertiary alicyclic amines) is 1. The van der Waals surface area contributed by atoms with Gasteiger partial charge in [-0.25, -0.2) is 0 Å². The van der Waals surface area contributed by atoms with Crippen LogP contribution in [0.2, 0.25) is 0 Å². The van der Waals surface area contributed by atoms with Crippen LogP contribution in [0.25, 0.3) is 0 Å². The first-order valence-electron chi connectivity index (χ1n) is 7.70. The van der Waals surface area contributed by atoms with E-state index in [1.807, 2.05) is 0 Å². The number of hydrogen-bond donors (Lipinski definition) is 1. The van der Waals surface area contributed by atoms with E-state index in [-0.39, 0.29) is 17.7 Å². The quantitative estimate of drug-likeness (QED) is 0.906. The van der Waals surface area contributed by atoms with Gasteiger partial charge in [-0.1, -0.05) is 0 Å². The predicted octanol–water partition coefficient (Wildman–Crippen LogP) is 3.19. The Balaban J connectivity index is 1.82. The molecule has 0 aromatic heterocycles. The molecule has 2 atom stereocenters. The van der Waals surface area contributed by atoms with Crippen molar-refractivity contribution in [2.24, 2.45) is 0 Å². The molecule has 1 aromatic rings. The fourth-order valence-electron chi connectivity index (χ4n) is 3.38. The lowest BCUT2D eigenvalue weighted by molar-refractivity contribution is -0.137. The summed E-state index contributed by atoms with van der Waals surface area (Å²) in [5.41, 5.74) is -1.06. The van der Waals surface area contributed by atoms with E-state index < -0.39 is 23.4 Å². The molecule has 2 heterocycles. The molecule has 7 heteroatoms. The van der Waals surface area contributed by atoms with Crippen molar-refractivity contribution in [3.63, 3.8) is 0 Å². The van der Waals surface area contributed by atoms with E-state index in [0.717, 1.165) is 37.8 Å². The zero-order chi connectivity index (χ0) is 16.6. The van der Waals surface area contributed by atoms with Crippen molar-refractivity contribution < 1.29 is 27.8 Å². The fourth-order valence-corrected chi connectivity index (χ4v) is 3.38. The maximum absolute atomic E-state index is 12.6. The first-order valence-corrected chi connectivity index (χ1v) is 7.70. The molecule has 4 nitrogen and oxygen atoms in total. The molecular formula is C16H18F3NO3. The standard InChI is InChI=1S/C16H18F3NO3/c17-16(18,19)10-5-6-11(13(21)9-10)15(22)20-7-1-3-12(20)14-4-2-8-23-14/h5-6,9,12,14,21H,1-4,7-8H2/t12-,14+/m0/s1. The van der Waals surface area contributed by atoms with Crippen molar-refractivity contribution in [1.29, 1.82) is 0 Å². The minimum absolute atomic E-state index is 0.0157. The molecule has 2 saturated heterocycles. The first-order chi connectivity index (χ1) is 10.9. The van der Waals surface area contributed by atoms with Crippen LogP contribution >= 0.6 is 0 Å². The number of benzene rings is 1. The molecule has 2 fully saturated rings. The van der Waals surface area contributed by atoms with Gasteiger partial charge in [0.05, 0.1) is 23.3 Å². The van der Waals surface area contributed by atoms with Crippen LogP contribution in [0.1, 0.15) is 41.6 Å². The van der Waals surface area contributed by atoms with Gasteiger partial charge in [0, 0.05) is 13.2 Å². The first kappa shape index (κ1) is 16.1. The monoisotopic (exact) mass is 329 g/mol. The van der Waals surface area contributed by atoms with Crippen LogP contribution < -0.4 is 0 Å². The summed E-state index contributed by atoms with van der Waals surface area (Å²) in [7, 11) is 0. The number of ether oxygens (including phenoxy) is 1. The highest BCUT2D eigenvalue weighted by Crippen LogP contribution is 2.34. The summed E-state index contributed by atoms with van der Waals surface area (Å²) in [4.78, 5) is 14.2. The van der Waals surface area contributed by atoms with Gasteiger partial charge in [-0.3, -0.25) is 4.79 Å². The Kier molecular flexibility index (Phi) is 4.23. The van der Waals surface area contributed by atoms with Crippen LogP contribution in [0, 0.1) is 0 Å². The summed E-state index contributed by atoms with van der Waals surface area (Å²) in [6, 6.07) is 2.41. The van der Waals surface area contributed by atoms with E-state index in [0.29, 0.717) is 19.2 Å². The third-order valence-electron chi connectivity index (χ3n) is 4.51. The predicted molar refractivity (Wildman–Crippen MR) is 76.1 cm³/mol. The number of halogens is 3. The van der Waals surface area contributed by atoms with E-state index in [2.05, 4.69) is 0 Å². The number of carbonyl (C=O) groups excluding carboxylic acids is 1. The lowest BCUT2D eigenvalue weighted by Gasteiger charge is -2.29. The van der Waals surface area contributed by atoms with Gasteiger partial charge < -0.3 is 14.7 Å². The van der Waals surface area contributed by atoms with E-state index >= 15 is 0 Å². The Hall–Kier alpha value is -1.76. The summed E-state index contributed by atoms with van der Waals surface area (Å²) in [6.45, 7) is 1.21. The van der Waals surface area contributed by atoms with Crippen molar-refractivity contribution in [2.45, 2.75) is 44.0 Å². The largest absolute Gasteiger partial charge is 0.507 e. The highest BCUT2D eigenvalue weighted by atomic mass is 19.4. The maximum atomic E-state index is 12.6. The molecule has 3 rings (SSSR count). The number of hydrogen-bond acceptors (Lipinski definition) is 3. The minimum Gasteiger partial charge on any atom is -0.507 e. The lowest BCUT2D eigenvalue weighted by Crippen LogP contribution is -2.42. The highest BCUT2D eigenvalue weighted by Gasteiger charge is 2.38. The Labute approximate surface area is 131 Å². The molecule has 1 N–H and O–H groups in total. The van der Waals surface area contributed by atoms with Gasteiger partial charge in [0.25, 0.3) is 5.91 Å². The highest BCUT2D eigenvalue weighted by molar-refractivity contribution is 5.97. The Bertz CT molecular complexity index is 597. The number of phenols is 1. The van der Waals surface area contributed by atoms with Crippen LogP contribution in [0.15, 0.2) is 18.2 Å². The van der Waals surface area contributed by atoms with Crippen molar-refractivity contribution in [2.75, 3.05) is 13.2 Å². The Morgan fingerprint density at radius 2 is 2.04 bits per heavy atom. The van der Waals surface area contributed by atoms with Gasteiger partial charge in [-0.2, -0.15) is 13.2 Å². The molecule has 1 aromatic carbocycles. The minimum atomic E-state index is -4.55. The SMILES string of the molecule is O=C(c1ccc(C(F)(F)F)cc1O)N1CCC[C@H]1[C@H]1CCCO1. The zero-order valence-corrected chi connectivity index (χ0v) is 12.5. The molecule has 0 unspecified atom stereocenters. The fraction of sp³-hybridized carbons (Fsp3) is 0.562. The number of carbonyl (C=O) groups is 1. The molecule has 0 aliphatic carbocycles. The summed E-state index contributed by atoms with van der Waals surface area (Å²) < 4.78 is 43.6. The number of alkyl halides is 3. The van der Waals surface area contributed by atoms with E-state index in [9.17, 15) is 23.1 Å². The topological polar surface area (TPSA) is 49.8 Å². The second-order valence-electron chi connectivity index (χ2n) is 5.99. The van der Waals surface area contributed by atoms with Crippen molar-refractivity contribution in [3.8, 4) is 5.75 Å². The molecule has 2 aliphatic heterocycles. The van der Waals surface area contributed by atoms with Crippen molar-refractivity contribution in [1.82, 2.24) is 4.90 Å². The molecule has 0 saturated carbocycles. The average molecular weight is 329 g/mol. The van der Waals surface area contributed by atoms with Crippen molar-refractivity contribution in [3.05, 3.63) is 29.3 Å². The smallest absolute Gasteiger partial charge is 0.416 e. The summed E-state index contributed by atoms with van der Waals surface area (Å²) >= 11 is 0. The average Bonchev–Trinajstić information content (AvgIpc) is 3.16. The molecule has 0 spiro atoms. The summed E-state index contributed by atoms with van der Waals surface area (Å²) in [6.07, 6.45) is -1.08. The molecular weight excluding hydrogens is 311 g/mol. The number of aromatic hydroxyl groups is 1. The van der Waals surface area contributed by atoms with Crippen LogP contribution in [0.4, 0.5) is 13.2 Å². The normalized spacial score (nSPS) is 25.1. The lowest BCUT2D eigenvalue weighted by atomic mass is 10.0. The number of rotatable bonds is 2. The van der Waals surface area contributed by atoms with E-state index in [1.165, 1.54) is 0 Å². The van der Waals surface area contributed by atoms with Gasteiger partial charge in [0.2, 0.25) is 0 Å². The molecule has 2 aliphatic rings. The number of phenolic OH excluding ortho intramolecular Hbond substituents is 1. The van der Waals surface area contributed by atoms with Crippen LogP contribution in [0.5, 0.6) is 5.75 Å². The third-order valence-corrected chi connectivity index (χ3v) is 4.51. The Morgan fingerprint density at radius 3 is 2.65 bits per heavy atom. The molecule has 23 heavy (non-hydrogen) atoms. The summed E-state index contributed by atoms with van der Waals surface area (Å²) in [5, 5.41) is 9.86. The second-order valence-corrected chi connectivity index (χ2v) is 5.99.